The first kappa shape index (κ1) is 21.4. The first-order chi connectivity index (χ1) is 14.1. The molecule has 1 aromatic carbocycles. The second kappa shape index (κ2) is 7.84. The Morgan fingerprint density at radius 3 is 2.37 bits per heavy atom. The van der Waals surface area contributed by atoms with Gasteiger partial charge in [0.25, 0.3) is 0 Å². The lowest BCUT2D eigenvalue weighted by molar-refractivity contribution is -0.152. The highest BCUT2D eigenvalue weighted by Gasteiger charge is 2.65. The number of carbonyl (C=O) groups is 3. The lowest BCUT2D eigenvalue weighted by Gasteiger charge is -2.32. The van der Waals surface area contributed by atoms with Crippen molar-refractivity contribution < 1.29 is 19.1 Å². The fourth-order valence-electron chi connectivity index (χ4n) is 4.13. The van der Waals surface area contributed by atoms with Gasteiger partial charge in [-0.25, -0.2) is 4.79 Å². The van der Waals surface area contributed by atoms with Crippen LogP contribution in [0.4, 0.5) is 0 Å². The Kier molecular flexibility index (Phi) is 5.59. The van der Waals surface area contributed by atoms with Crippen molar-refractivity contribution >= 4 is 29.4 Å². The molecule has 0 bridgehead atoms. The van der Waals surface area contributed by atoms with E-state index in [2.05, 4.69) is 6.07 Å². The van der Waals surface area contributed by atoms with Gasteiger partial charge in [-0.05, 0) is 37.6 Å². The summed E-state index contributed by atoms with van der Waals surface area (Å²) in [6.07, 6.45) is 3.87. The molecule has 8 nitrogen and oxygen atoms in total. The van der Waals surface area contributed by atoms with E-state index < -0.39 is 47.3 Å². The summed E-state index contributed by atoms with van der Waals surface area (Å²) < 4.78 is 5.43. The summed E-state index contributed by atoms with van der Waals surface area (Å²) in [5.41, 5.74) is 10.00. The van der Waals surface area contributed by atoms with Gasteiger partial charge in [0.15, 0.2) is 5.41 Å². The number of primary amides is 2. The normalized spacial score (nSPS) is 27.2. The minimum absolute atomic E-state index is 0.127. The number of benzene rings is 1. The van der Waals surface area contributed by atoms with Crippen LogP contribution in [-0.2, 0) is 19.1 Å². The van der Waals surface area contributed by atoms with Crippen LogP contribution in [0.3, 0.4) is 0 Å². The van der Waals surface area contributed by atoms with Crippen LogP contribution in [0.1, 0.15) is 25.3 Å². The number of ether oxygens (including phenoxy) is 1. The first-order valence-electron chi connectivity index (χ1n) is 9.27. The molecule has 9 heteroatoms. The molecule has 1 aromatic rings. The molecular weight excluding hydrogens is 408 g/mol. The van der Waals surface area contributed by atoms with E-state index in [4.69, 9.17) is 27.8 Å². The Morgan fingerprint density at radius 2 is 1.87 bits per heavy atom. The third-order valence-electron chi connectivity index (χ3n) is 5.36. The fourth-order valence-corrected chi connectivity index (χ4v) is 4.26. The molecule has 1 fully saturated rings. The molecular formula is C21H21ClN4O4. The molecule has 0 aromatic heterocycles. The van der Waals surface area contributed by atoms with Crippen LogP contribution in [0.2, 0.25) is 5.02 Å². The Balaban J connectivity index is 2.27. The van der Waals surface area contributed by atoms with Crippen molar-refractivity contribution in [3.05, 3.63) is 58.8 Å². The van der Waals surface area contributed by atoms with E-state index in [1.165, 1.54) is 23.3 Å². The summed E-state index contributed by atoms with van der Waals surface area (Å²) in [7, 11) is 0. The van der Waals surface area contributed by atoms with Gasteiger partial charge in [-0.2, -0.15) is 5.26 Å². The van der Waals surface area contributed by atoms with Crippen molar-refractivity contribution in [1.82, 2.24) is 4.90 Å². The fraction of sp³-hybridized carbons (Fsp3) is 0.333. The van der Waals surface area contributed by atoms with Crippen molar-refractivity contribution in [3.8, 4) is 6.07 Å². The number of nitrogens with two attached hydrogens (primary N) is 2. The molecule has 0 spiro atoms. The van der Waals surface area contributed by atoms with E-state index in [1.807, 2.05) is 0 Å². The summed E-state index contributed by atoms with van der Waals surface area (Å²) in [5.74, 6) is -3.22. The number of hydrogen-bond acceptors (Lipinski definition) is 6. The molecule has 30 heavy (non-hydrogen) atoms. The number of rotatable bonds is 5. The molecule has 0 saturated carbocycles. The molecule has 4 atom stereocenters. The zero-order chi connectivity index (χ0) is 22.2. The highest BCUT2D eigenvalue weighted by atomic mass is 35.5. The van der Waals surface area contributed by atoms with Gasteiger partial charge < -0.3 is 21.1 Å². The Labute approximate surface area is 178 Å². The zero-order valence-electron chi connectivity index (χ0n) is 16.4. The van der Waals surface area contributed by atoms with Gasteiger partial charge in [-0.1, -0.05) is 29.8 Å². The highest BCUT2D eigenvalue weighted by Crippen LogP contribution is 2.53. The van der Waals surface area contributed by atoms with Crippen LogP contribution in [0.15, 0.2) is 48.2 Å². The van der Waals surface area contributed by atoms with Crippen molar-refractivity contribution in [3.63, 3.8) is 0 Å². The van der Waals surface area contributed by atoms with Crippen LogP contribution >= 0.6 is 11.6 Å². The molecule has 2 amide bonds. The number of fused-ring (bicyclic) bond motifs is 1. The molecule has 0 unspecified atom stereocenters. The van der Waals surface area contributed by atoms with Gasteiger partial charge in [0.1, 0.15) is 6.04 Å². The standard InChI is InChI=1S/C21H21ClN4O4/c1-11(2)30-19(28)17-16(12-3-6-14(22)7-4-12)21(10-23,20(25)29)15-8-5-13(18(24)27)9-26(15)17/h3-9,11,15-17H,1-2H3,(H2,24,27)(H2,25,29)/t15-,16-,17-,21-/m0/s1. The Morgan fingerprint density at radius 1 is 1.23 bits per heavy atom. The van der Waals surface area contributed by atoms with E-state index in [0.29, 0.717) is 10.6 Å². The topological polar surface area (TPSA) is 140 Å². The van der Waals surface area contributed by atoms with Gasteiger partial charge in [0.2, 0.25) is 11.8 Å². The highest BCUT2D eigenvalue weighted by molar-refractivity contribution is 6.30. The van der Waals surface area contributed by atoms with E-state index >= 15 is 0 Å². The second-order valence-corrected chi connectivity index (χ2v) is 7.94. The predicted octanol–water partition coefficient (Wildman–Crippen LogP) is 1.36. The molecule has 3 rings (SSSR count). The number of carbonyl (C=O) groups excluding carboxylic acids is 3. The van der Waals surface area contributed by atoms with Crippen LogP contribution in [0.25, 0.3) is 0 Å². The van der Waals surface area contributed by atoms with E-state index in [9.17, 15) is 19.6 Å². The minimum Gasteiger partial charge on any atom is -0.461 e. The number of nitriles is 1. The Hall–Kier alpha value is -3.31. The van der Waals surface area contributed by atoms with E-state index in [0.717, 1.165) is 0 Å². The lowest BCUT2D eigenvalue weighted by atomic mass is 9.68. The number of hydrogen-bond donors (Lipinski definition) is 2. The average Bonchev–Trinajstić information content (AvgIpc) is 2.98. The van der Waals surface area contributed by atoms with Crippen LogP contribution < -0.4 is 11.5 Å². The van der Waals surface area contributed by atoms with Gasteiger partial charge in [0, 0.05) is 17.1 Å². The van der Waals surface area contributed by atoms with Crippen molar-refractivity contribution in [2.45, 2.75) is 38.0 Å². The first-order valence-corrected chi connectivity index (χ1v) is 9.65. The van der Waals surface area contributed by atoms with Gasteiger partial charge in [-0.15, -0.1) is 0 Å². The molecule has 2 aliphatic rings. The average molecular weight is 429 g/mol. The quantitative estimate of drug-likeness (QED) is 0.678. The smallest absolute Gasteiger partial charge is 0.329 e. The SMILES string of the molecule is CC(C)OC(=O)[C@@H]1[C@H](c2ccc(Cl)cc2)[C@@](C#N)(C(N)=O)[C@@H]2C=CC(C(N)=O)=CN12. The maximum atomic E-state index is 13.1. The van der Waals surface area contributed by atoms with Crippen molar-refractivity contribution in [1.29, 1.82) is 5.26 Å². The monoisotopic (exact) mass is 428 g/mol. The van der Waals surface area contributed by atoms with Crippen molar-refractivity contribution in [2.24, 2.45) is 16.9 Å². The summed E-state index contributed by atoms with van der Waals surface area (Å²) in [5, 5.41) is 10.6. The summed E-state index contributed by atoms with van der Waals surface area (Å²) in [6.45, 7) is 3.38. The van der Waals surface area contributed by atoms with Crippen LogP contribution in [0.5, 0.6) is 0 Å². The molecule has 4 N–H and O–H groups in total. The molecule has 2 heterocycles. The number of amides is 2. The van der Waals surface area contributed by atoms with Crippen LogP contribution in [-0.4, -0.2) is 40.9 Å². The second-order valence-electron chi connectivity index (χ2n) is 7.50. The lowest BCUT2D eigenvalue weighted by Crippen LogP contribution is -2.48. The van der Waals surface area contributed by atoms with Crippen molar-refractivity contribution in [2.75, 3.05) is 0 Å². The number of halogens is 1. The van der Waals surface area contributed by atoms with Crippen LogP contribution in [0, 0.1) is 16.7 Å². The molecule has 2 aliphatic heterocycles. The third kappa shape index (κ3) is 3.31. The maximum Gasteiger partial charge on any atom is 0.329 e. The Bertz CT molecular complexity index is 995. The largest absolute Gasteiger partial charge is 0.461 e. The molecule has 1 saturated heterocycles. The molecule has 156 valence electrons. The minimum atomic E-state index is -1.80. The number of nitrogens with zero attached hydrogens (tertiary/aromatic N) is 2. The molecule has 0 radical (unpaired) electrons. The van der Waals surface area contributed by atoms with E-state index in [-0.39, 0.29) is 5.57 Å². The zero-order valence-corrected chi connectivity index (χ0v) is 17.2. The summed E-state index contributed by atoms with van der Waals surface area (Å²) in [4.78, 5) is 39.1. The predicted molar refractivity (Wildman–Crippen MR) is 108 cm³/mol. The summed E-state index contributed by atoms with van der Waals surface area (Å²) in [6, 6.07) is 6.56. The summed E-state index contributed by atoms with van der Waals surface area (Å²) >= 11 is 6.00. The van der Waals surface area contributed by atoms with Gasteiger partial charge in [-0.3, -0.25) is 9.59 Å². The maximum absolute atomic E-state index is 13.1. The van der Waals surface area contributed by atoms with E-state index in [1.54, 1.807) is 38.1 Å². The van der Waals surface area contributed by atoms with Gasteiger partial charge >= 0.3 is 5.97 Å². The molecule has 0 aliphatic carbocycles. The number of esters is 1. The van der Waals surface area contributed by atoms with Gasteiger partial charge in [0.05, 0.1) is 23.8 Å². The third-order valence-corrected chi connectivity index (χ3v) is 5.61.